The molecule has 5 heteroatoms. The molecule has 1 atom stereocenters. The van der Waals surface area contributed by atoms with E-state index in [1.807, 2.05) is 12.1 Å². The quantitative estimate of drug-likeness (QED) is 0.819. The third-order valence-corrected chi connectivity index (χ3v) is 4.45. The smallest absolute Gasteiger partial charge is 0.159 e. The number of carbonyl (C=O) groups excluding carboxylic acids is 1. The lowest BCUT2D eigenvalue weighted by atomic mass is 10.1. The summed E-state index contributed by atoms with van der Waals surface area (Å²) in [6.45, 7) is 4.02. The van der Waals surface area contributed by atoms with Crippen LogP contribution in [0.2, 0.25) is 0 Å². The molecule has 0 amide bonds. The monoisotopic (exact) mass is 340 g/mol. The van der Waals surface area contributed by atoms with Crippen LogP contribution in [-0.4, -0.2) is 50.3 Å². The molecule has 0 radical (unpaired) electrons. The third-order valence-electron chi connectivity index (χ3n) is 4.45. The number of carbonyl (C=O) groups is 1. The molecule has 132 valence electrons. The Hall–Kier alpha value is -2.53. The second-order valence-corrected chi connectivity index (χ2v) is 6.41. The standard InChI is InChI=1S/C20H24N2O3/c1-15(23)16-6-5-7-18(12-16)25-14-17(24)13-22-11-10-21(2)19-8-3-4-9-20(19)22/h3-9,12,17,24H,10-11,13-14H2,1-2H3. The molecule has 0 aliphatic carbocycles. The van der Waals surface area contributed by atoms with Crippen LogP contribution in [0.1, 0.15) is 17.3 Å². The highest BCUT2D eigenvalue weighted by atomic mass is 16.5. The van der Waals surface area contributed by atoms with Gasteiger partial charge in [-0.2, -0.15) is 0 Å². The minimum atomic E-state index is -0.613. The Morgan fingerprint density at radius 1 is 1.16 bits per heavy atom. The van der Waals surface area contributed by atoms with Gasteiger partial charge >= 0.3 is 0 Å². The maximum Gasteiger partial charge on any atom is 0.159 e. The number of aliphatic hydroxyl groups excluding tert-OH is 1. The Morgan fingerprint density at radius 3 is 2.68 bits per heavy atom. The lowest BCUT2D eigenvalue weighted by molar-refractivity contribution is 0.101. The number of hydrogen-bond acceptors (Lipinski definition) is 5. The minimum Gasteiger partial charge on any atom is -0.491 e. The van der Waals surface area contributed by atoms with E-state index in [1.165, 1.54) is 12.6 Å². The number of benzene rings is 2. The van der Waals surface area contributed by atoms with Gasteiger partial charge in [0.05, 0.1) is 11.4 Å². The molecule has 0 aromatic heterocycles. The number of nitrogens with zero attached hydrogens (tertiary/aromatic N) is 2. The maximum absolute atomic E-state index is 11.4. The van der Waals surface area contributed by atoms with Gasteiger partial charge in [-0.3, -0.25) is 4.79 Å². The fraction of sp³-hybridized carbons (Fsp3) is 0.350. The highest BCUT2D eigenvalue weighted by molar-refractivity contribution is 5.94. The van der Waals surface area contributed by atoms with Crippen molar-refractivity contribution in [2.45, 2.75) is 13.0 Å². The Balaban J connectivity index is 1.60. The Kier molecular flexibility index (Phi) is 5.24. The molecule has 2 aromatic rings. The summed E-state index contributed by atoms with van der Waals surface area (Å²) >= 11 is 0. The number of ketones is 1. The van der Waals surface area contributed by atoms with E-state index in [9.17, 15) is 9.90 Å². The first-order chi connectivity index (χ1) is 12.0. The summed E-state index contributed by atoms with van der Waals surface area (Å²) in [6.07, 6.45) is -0.613. The van der Waals surface area contributed by atoms with Gasteiger partial charge in [-0.25, -0.2) is 0 Å². The molecule has 0 saturated heterocycles. The van der Waals surface area contributed by atoms with E-state index in [0.717, 1.165) is 18.8 Å². The summed E-state index contributed by atoms with van der Waals surface area (Å²) in [4.78, 5) is 15.8. The summed E-state index contributed by atoms with van der Waals surface area (Å²) < 4.78 is 5.67. The van der Waals surface area contributed by atoms with E-state index in [1.54, 1.807) is 24.3 Å². The molecule has 1 aliphatic heterocycles. The van der Waals surface area contributed by atoms with Crippen molar-refractivity contribution in [3.8, 4) is 5.75 Å². The number of β-amino-alcohol motifs (C(OH)–C–C–N with tert-alkyl or cyclic N) is 1. The summed E-state index contributed by atoms with van der Waals surface area (Å²) in [5.74, 6) is 0.602. The van der Waals surface area contributed by atoms with E-state index >= 15 is 0 Å². The lowest BCUT2D eigenvalue weighted by Gasteiger charge is -2.37. The normalized spacial score (nSPS) is 14.8. The fourth-order valence-corrected chi connectivity index (χ4v) is 3.06. The van der Waals surface area contributed by atoms with E-state index in [2.05, 4.69) is 29.0 Å². The summed E-state index contributed by atoms with van der Waals surface area (Å²) in [7, 11) is 2.08. The summed E-state index contributed by atoms with van der Waals surface area (Å²) in [6, 6.07) is 15.3. The molecule has 3 rings (SSSR count). The van der Waals surface area contributed by atoms with Gasteiger partial charge in [0.25, 0.3) is 0 Å². The van der Waals surface area contributed by atoms with E-state index in [0.29, 0.717) is 17.9 Å². The van der Waals surface area contributed by atoms with Crippen molar-refractivity contribution in [3.63, 3.8) is 0 Å². The predicted octanol–water partition coefficient (Wildman–Crippen LogP) is 2.59. The highest BCUT2D eigenvalue weighted by Crippen LogP contribution is 2.31. The molecule has 1 heterocycles. The number of rotatable bonds is 6. The molecule has 0 saturated carbocycles. The fourth-order valence-electron chi connectivity index (χ4n) is 3.06. The molecule has 1 aliphatic rings. The molecule has 1 unspecified atom stereocenters. The molecule has 5 nitrogen and oxygen atoms in total. The van der Waals surface area contributed by atoms with Gasteiger partial charge in [-0.1, -0.05) is 24.3 Å². The highest BCUT2D eigenvalue weighted by Gasteiger charge is 2.22. The van der Waals surface area contributed by atoms with Crippen molar-refractivity contribution in [1.29, 1.82) is 0 Å². The molecular formula is C20H24N2O3. The number of likely N-dealkylation sites (N-methyl/N-ethyl adjacent to an activating group) is 1. The van der Waals surface area contributed by atoms with Gasteiger partial charge in [0, 0.05) is 32.2 Å². The first-order valence-corrected chi connectivity index (χ1v) is 8.51. The van der Waals surface area contributed by atoms with Crippen molar-refractivity contribution in [3.05, 3.63) is 54.1 Å². The zero-order valence-electron chi connectivity index (χ0n) is 14.7. The van der Waals surface area contributed by atoms with Crippen molar-refractivity contribution < 1.29 is 14.6 Å². The average molecular weight is 340 g/mol. The first-order valence-electron chi connectivity index (χ1n) is 8.51. The van der Waals surface area contributed by atoms with Crippen LogP contribution >= 0.6 is 0 Å². The van der Waals surface area contributed by atoms with E-state index < -0.39 is 6.10 Å². The van der Waals surface area contributed by atoms with E-state index in [4.69, 9.17) is 4.74 Å². The van der Waals surface area contributed by atoms with Crippen LogP contribution in [-0.2, 0) is 0 Å². The minimum absolute atomic E-state index is 0.0000389. The van der Waals surface area contributed by atoms with Gasteiger partial charge in [-0.15, -0.1) is 0 Å². The van der Waals surface area contributed by atoms with Crippen molar-refractivity contribution >= 4 is 17.2 Å². The Bertz CT molecular complexity index is 747. The zero-order valence-corrected chi connectivity index (χ0v) is 14.7. The molecule has 2 aromatic carbocycles. The number of aliphatic hydroxyl groups is 1. The van der Waals surface area contributed by atoms with E-state index in [-0.39, 0.29) is 12.4 Å². The Morgan fingerprint density at radius 2 is 1.92 bits per heavy atom. The van der Waals surface area contributed by atoms with Crippen molar-refractivity contribution in [2.24, 2.45) is 0 Å². The summed E-state index contributed by atoms with van der Waals surface area (Å²) in [5, 5.41) is 10.4. The van der Waals surface area contributed by atoms with Gasteiger partial charge in [0.1, 0.15) is 18.5 Å². The number of ether oxygens (including phenoxy) is 1. The predicted molar refractivity (Wildman–Crippen MR) is 99.9 cm³/mol. The molecule has 0 fully saturated rings. The van der Waals surface area contributed by atoms with Crippen LogP contribution in [0.15, 0.2) is 48.5 Å². The second kappa shape index (κ2) is 7.57. The molecule has 25 heavy (non-hydrogen) atoms. The average Bonchev–Trinajstić information content (AvgIpc) is 2.63. The zero-order chi connectivity index (χ0) is 17.8. The van der Waals surface area contributed by atoms with Gasteiger partial charge < -0.3 is 19.6 Å². The van der Waals surface area contributed by atoms with Gasteiger partial charge in [0.15, 0.2) is 5.78 Å². The molecule has 0 bridgehead atoms. The van der Waals surface area contributed by atoms with Crippen LogP contribution in [0.25, 0.3) is 0 Å². The third kappa shape index (κ3) is 4.12. The molecule has 0 spiro atoms. The van der Waals surface area contributed by atoms with Gasteiger partial charge in [0.2, 0.25) is 0 Å². The van der Waals surface area contributed by atoms with Crippen LogP contribution in [0.3, 0.4) is 0 Å². The summed E-state index contributed by atoms with van der Waals surface area (Å²) in [5.41, 5.74) is 2.92. The van der Waals surface area contributed by atoms with Crippen molar-refractivity contribution in [1.82, 2.24) is 0 Å². The van der Waals surface area contributed by atoms with Gasteiger partial charge in [-0.05, 0) is 31.2 Å². The maximum atomic E-state index is 11.4. The molecular weight excluding hydrogens is 316 g/mol. The SMILES string of the molecule is CC(=O)c1cccc(OCC(O)CN2CCN(C)c3ccccc32)c1. The number of hydrogen-bond donors (Lipinski definition) is 1. The Labute approximate surface area is 148 Å². The second-order valence-electron chi connectivity index (χ2n) is 6.41. The first kappa shape index (κ1) is 17.3. The number of Topliss-reactive ketones (excluding diaryl/α,β-unsaturated/α-hetero) is 1. The van der Waals surface area contributed by atoms with Crippen LogP contribution < -0.4 is 14.5 Å². The van der Waals surface area contributed by atoms with Crippen LogP contribution in [0, 0.1) is 0 Å². The van der Waals surface area contributed by atoms with Crippen LogP contribution in [0.4, 0.5) is 11.4 Å². The van der Waals surface area contributed by atoms with Crippen LogP contribution in [0.5, 0.6) is 5.75 Å². The number of fused-ring (bicyclic) bond motifs is 1. The topological polar surface area (TPSA) is 53.0 Å². The largest absolute Gasteiger partial charge is 0.491 e. The number of para-hydroxylation sites is 2. The number of anilines is 2. The van der Waals surface area contributed by atoms with Crippen molar-refractivity contribution in [2.75, 3.05) is 43.1 Å². The molecule has 1 N–H and O–H groups in total. The lowest BCUT2D eigenvalue weighted by Crippen LogP contribution is -2.44.